The topological polar surface area (TPSA) is 74.7 Å². The van der Waals surface area contributed by atoms with Crippen molar-refractivity contribution < 1.29 is 18.3 Å². The normalized spacial score (nSPS) is 21.0. The molecule has 0 spiro atoms. The Hall–Kier alpha value is -1.05. The van der Waals surface area contributed by atoms with Gasteiger partial charge in [-0.1, -0.05) is 30.3 Å². The third-order valence-corrected chi connectivity index (χ3v) is 5.65. The van der Waals surface area contributed by atoms with Crippen LogP contribution >= 0.6 is 11.8 Å². The molecule has 0 bridgehead atoms. The lowest BCUT2D eigenvalue weighted by Gasteiger charge is -2.19. The second-order valence-corrected chi connectivity index (χ2v) is 6.90. The van der Waals surface area contributed by atoms with Gasteiger partial charge >= 0.3 is 5.97 Å². The fraction of sp³-hybridized carbons (Fsp3) is 0.364. The number of carboxylic acids is 1. The van der Waals surface area contributed by atoms with E-state index in [4.69, 9.17) is 5.11 Å². The summed E-state index contributed by atoms with van der Waals surface area (Å²) in [6, 6.07) is 7.83. The molecular formula is C11H13NO4S2. The van der Waals surface area contributed by atoms with E-state index < -0.39 is 22.0 Å². The number of hydrogen-bond donors (Lipinski definition) is 1. The molecule has 1 fully saturated rings. The third-order valence-electron chi connectivity index (χ3n) is 2.68. The maximum atomic E-state index is 12.2. The summed E-state index contributed by atoms with van der Waals surface area (Å²) in [7, 11) is -3.58. The molecular weight excluding hydrogens is 274 g/mol. The Balaban J connectivity index is 2.19. The summed E-state index contributed by atoms with van der Waals surface area (Å²) in [5.41, 5.74) is 0.665. The molecule has 1 aliphatic rings. The van der Waals surface area contributed by atoms with Gasteiger partial charge in [-0.05, 0) is 5.56 Å². The van der Waals surface area contributed by atoms with Crippen molar-refractivity contribution in [3.63, 3.8) is 0 Å². The Labute approximate surface area is 110 Å². The summed E-state index contributed by atoms with van der Waals surface area (Å²) < 4.78 is 25.4. The lowest BCUT2D eigenvalue weighted by atomic mass is 10.2. The van der Waals surface area contributed by atoms with E-state index in [-0.39, 0.29) is 11.6 Å². The lowest BCUT2D eigenvalue weighted by molar-refractivity contribution is -0.140. The molecule has 1 atom stereocenters. The maximum Gasteiger partial charge on any atom is 0.322 e. The molecule has 1 heterocycles. The van der Waals surface area contributed by atoms with Gasteiger partial charge in [-0.25, -0.2) is 8.42 Å². The molecule has 0 saturated carbocycles. The standard InChI is InChI=1S/C11H13NO4S2/c13-11(14)10-6-17-8-12(10)18(15,16)7-9-4-2-1-3-5-9/h1-5,10H,6-8H2,(H,13,14). The third kappa shape index (κ3) is 2.85. The largest absolute Gasteiger partial charge is 0.480 e. The van der Waals surface area contributed by atoms with Gasteiger partial charge in [0.25, 0.3) is 0 Å². The highest BCUT2D eigenvalue weighted by atomic mass is 32.2. The Morgan fingerprint density at radius 1 is 1.39 bits per heavy atom. The number of carboxylic acid groups (broad SMARTS) is 1. The SMILES string of the molecule is O=C(O)C1CSCN1S(=O)(=O)Cc1ccccc1. The molecule has 0 aromatic heterocycles. The highest BCUT2D eigenvalue weighted by molar-refractivity contribution is 8.00. The van der Waals surface area contributed by atoms with Crippen LogP contribution in [0.25, 0.3) is 0 Å². The summed E-state index contributed by atoms with van der Waals surface area (Å²) >= 11 is 1.32. The minimum Gasteiger partial charge on any atom is -0.480 e. The highest BCUT2D eigenvalue weighted by Gasteiger charge is 2.39. The van der Waals surface area contributed by atoms with Gasteiger partial charge in [0.2, 0.25) is 10.0 Å². The van der Waals surface area contributed by atoms with Gasteiger partial charge in [-0.15, -0.1) is 11.8 Å². The maximum absolute atomic E-state index is 12.2. The van der Waals surface area contributed by atoms with E-state index in [1.807, 2.05) is 6.07 Å². The van der Waals surface area contributed by atoms with Crippen LogP contribution in [0.5, 0.6) is 0 Å². The molecule has 0 amide bonds. The fourth-order valence-electron chi connectivity index (χ4n) is 1.76. The molecule has 1 aromatic rings. The number of thioether (sulfide) groups is 1. The number of benzene rings is 1. The number of hydrogen-bond acceptors (Lipinski definition) is 4. The molecule has 1 aliphatic heterocycles. The summed E-state index contributed by atoms with van der Waals surface area (Å²) in [4.78, 5) is 11.0. The van der Waals surface area contributed by atoms with Gasteiger partial charge < -0.3 is 5.11 Å². The van der Waals surface area contributed by atoms with Gasteiger partial charge in [-0.2, -0.15) is 4.31 Å². The first-order valence-electron chi connectivity index (χ1n) is 5.35. The fourth-order valence-corrected chi connectivity index (χ4v) is 5.07. The van der Waals surface area contributed by atoms with Gasteiger partial charge in [0.05, 0.1) is 11.6 Å². The van der Waals surface area contributed by atoms with Crippen molar-refractivity contribution in [1.82, 2.24) is 4.31 Å². The number of sulfonamides is 1. The molecule has 0 radical (unpaired) electrons. The van der Waals surface area contributed by atoms with Crippen LogP contribution in [-0.4, -0.2) is 41.5 Å². The number of rotatable bonds is 4. The van der Waals surface area contributed by atoms with Crippen LogP contribution in [0, 0.1) is 0 Å². The lowest BCUT2D eigenvalue weighted by Crippen LogP contribution is -2.42. The number of nitrogens with zero attached hydrogens (tertiary/aromatic N) is 1. The molecule has 1 N–H and O–H groups in total. The predicted molar refractivity (Wildman–Crippen MR) is 69.7 cm³/mol. The molecule has 2 rings (SSSR count). The van der Waals surface area contributed by atoms with E-state index in [0.717, 1.165) is 4.31 Å². The molecule has 7 heteroatoms. The second kappa shape index (κ2) is 5.29. The van der Waals surface area contributed by atoms with Crippen LogP contribution in [0.2, 0.25) is 0 Å². The second-order valence-electron chi connectivity index (χ2n) is 3.98. The molecule has 1 aromatic carbocycles. The van der Waals surface area contributed by atoms with E-state index in [1.165, 1.54) is 11.8 Å². The Bertz CT molecular complexity index is 529. The van der Waals surface area contributed by atoms with E-state index in [0.29, 0.717) is 11.3 Å². The summed E-state index contributed by atoms with van der Waals surface area (Å²) in [6.07, 6.45) is 0. The zero-order valence-electron chi connectivity index (χ0n) is 9.52. The molecule has 1 unspecified atom stereocenters. The molecule has 1 saturated heterocycles. The first-order chi connectivity index (χ1) is 8.50. The average molecular weight is 287 g/mol. The predicted octanol–water partition coefficient (Wildman–Crippen LogP) is 0.976. The van der Waals surface area contributed by atoms with Crippen molar-refractivity contribution in [3.8, 4) is 0 Å². The first kappa shape index (κ1) is 13.4. The van der Waals surface area contributed by atoms with Gasteiger partial charge in [0.1, 0.15) is 6.04 Å². The molecule has 98 valence electrons. The molecule has 0 aliphatic carbocycles. The van der Waals surface area contributed by atoms with Crippen molar-refractivity contribution in [2.24, 2.45) is 0 Å². The van der Waals surface area contributed by atoms with Crippen LogP contribution in [0.1, 0.15) is 5.56 Å². The highest BCUT2D eigenvalue weighted by Crippen LogP contribution is 2.26. The quantitative estimate of drug-likeness (QED) is 0.893. The summed E-state index contributed by atoms with van der Waals surface area (Å²) in [5.74, 6) is -0.718. The zero-order chi connectivity index (χ0) is 13.2. The van der Waals surface area contributed by atoms with Crippen LogP contribution in [0.4, 0.5) is 0 Å². The van der Waals surface area contributed by atoms with Gasteiger partial charge in [0.15, 0.2) is 0 Å². The summed E-state index contributed by atoms with van der Waals surface area (Å²) in [5, 5.41) is 8.99. The Morgan fingerprint density at radius 2 is 2.06 bits per heavy atom. The van der Waals surface area contributed by atoms with Crippen molar-refractivity contribution >= 4 is 27.8 Å². The number of carbonyl (C=O) groups is 1. The van der Waals surface area contributed by atoms with E-state index >= 15 is 0 Å². The zero-order valence-corrected chi connectivity index (χ0v) is 11.2. The van der Waals surface area contributed by atoms with Crippen LogP contribution in [0.3, 0.4) is 0 Å². The van der Waals surface area contributed by atoms with Gasteiger partial charge in [0, 0.05) is 5.75 Å². The monoisotopic (exact) mass is 287 g/mol. The number of aliphatic carboxylic acids is 1. The van der Waals surface area contributed by atoms with Crippen LogP contribution < -0.4 is 0 Å². The minimum absolute atomic E-state index is 0.155. The smallest absolute Gasteiger partial charge is 0.322 e. The van der Waals surface area contributed by atoms with E-state index in [1.54, 1.807) is 24.3 Å². The average Bonchev–Trinajstić information content (AvgIpc) is 2.79. The summed E-state index contributed by atoms with van der Waals surface area (Å²) in [6.45, 7) is 0. The van der Waals surface area contributed by atoms with Crippen LogP contribution in [-0.2, 0) is 20.6 Å². The van der Waals surface area contributed by atoms with Crippen molar-refractivity contribution in [2.75, 3.05) is 11.6 Å². The Morgan fingerprint density at radius 3 is 2.67 bits per heavy atom. The Kier molecular flexibility index (Phi) is 3.94. The molecule has 5 nitrogen and oxygen atoms in total. The van der Waals surface area contributed by atoms with Gasteiger partial charge in [-0.3, -0.25) is 4.79 Å². The van der Waals surface area contributed by atoms with E-state index in [2.05, 4.69) is 0 Å². The van der Waals surface area contributed by atoms with Crippen LogP contribution in [0.15, 0.2) is 30.3 Å². The molecule has 18 heavy (non-hydrogen) atoms. The van der Waals surface area contributed by atoms with E-state index in [9.17, 15) is 13.2 Å². The van der Waals surface area contributed by atoms with Crippen molar-refractivity contribution in [3.05, 3.63) is 35.9 Å². The minimum atomic E-state index is -3.58. The van der Waals surface area contributed by atoms with Crippen molar-refractivity contribution in [2.45, 2.75) is 11.8 Å². The first-order valence-corrected chi connectivity index (χ1v) is 8.11. The van der Waals surface area contributed by atoms with Crippen molar-refractivity contribution in [1.29, 1.82) is 0 Å².